The molecule has 0 saturated carbocycles. The van der Waals surface area contributed by atoms with E-state index in [0.717, 1.165) is 36.3 Å². The third-order valence-electron chi connectivity index (χ3n) is 5.09. The van der Waals surface area contributed by atoms with Gasteiger partial charge in [0.05, 0.1) is 5.69 Å². The SMILES string of the molecule is CC1(C)CC(C)(C)c2cc(C#Cc3ccc(CCCCC(=O)O)nn3)ccc2O1. The molecule has 0 unspecified atom stereocenters. The largest absolute Gasteiger partial charge is 0.488 e. The topological polar surface area (TPSA) is 72.3 Å². The predicted molar refractivity (Wildman–Crippen MR) is 112 cm³/mol. The van der Waals surface area contributed by atoms with Crippen molar-refractivity contribution >= 4 is 5.97 Å². The number of aryl methyl sites for hydroxylation is 1. The lowest BCUT2D eigenvalue weighted by molar-refractivity contribution is -0.137. The van der Waals surface area contributed by atoms with Gasteiger partial charge in [-0.25, -0.2) is 0 Å². The summed E-state index contributed by atoms with van der Waals surface area (Å²) in [5.74, 6) is 6.43. The number of rotatable bonds is 5. The lowest BCUT2D eigenvalue weighted by Crippen LogP contribution is -2.41. The highest BCUT2D eigenvalue weighted by molar-refractivity contribution is 5.66. The fraction of sp³-hybridized carbons (Fsp3) is 0.458. The van der Waals surface area contributed by atoms with Crippen molar-refractivity contribution in [2.24, 2.45) is 0 Å². The molecular weight excluding hydrogens is 364 g/mol. The summed E-state index contributed by atoms with van der Waals surface area (Å²) in [6.07, 6.45) is 3.30. The Kier molecular flexibility index (Phi) is 5.93. The van der Waals surface area contributed by atoms with Gasteiger partial charge < -0.3 is 9.84 Å². The Labute approximate surface area is 172 Å². The first kappa shape index (κ1) is 20.9. The van der Waals surface area contributed by atoms with E-state index in [2.05, 4.69) is 55.8 Å². The lowest BCUT2D eigenvalue weighted by Gasteiger charge is -2.42. The van der Waals surface area contributed by atoms with Crippen molar-refractivity contribution in [1.29, 1.82) is 0 Å². The van der Waals surface area contributed by atoms with Gasteiger partial charge in [-0.05, 0) is 81.2 Å². The molecule has 0 atom stereocenters. The molecule has 0 radical (unpaired) electrons. The second kappa shape index (κ2) is 8.24. The molecule has 0 saturated heterocycles. The van der Waals surface area contributed by atoms with Gasteiger partial charge in [-0.15, -0.1) is 5.10 Å². The Balaban J connectivity index is 1.68. The summed E-state index contributed by atoms with van der Waals surface area (Å²) in [7, 11) is 0. The summed E-state index contributed by atoms with van der Waals surface area (Å²) in [6, 6.07) is 9.87. The smallest absolute Gasteiger partial charge is 0.303 e. The summed E-state index contributed by atoms with van der Waals surface area (Å²) < 4.78 is 6.14. The van der Waals surface area contributed by atoms with E-state index < -0.39 is 5.97 Å². The van der Waals surface area contributed by atoms with Crippen molar-refractivity contribution in [3.05, 3.63) is 52.8 Å². The molecule has 5 nitrogen and oxygen atoms in total. The van der Waals surface area contributed by atoms with Crippen LogP contribution in [-0.4, -0.2) is 26.9 Å². The monoisotopic (exact) mass is 392 g/mol. The molecular formula is C24H28N2O3. The Bertz CT molecular complexity index is 950. The van der Waals surface area contributed by atoms with E-state index >= 15 is 0 Å². The Morgan fingerprint density at radius 1 is 1.10 bits per heavy atom. The number of unbranched alkanes of at least 4 members (excludes halogenated alkanes) is 1. The highest BCUT2D eigenvalue weighted by atomic mass is 16.5. The van der Waals surface area contributed by atoms with Crippen LogP contribution in [0.2, 0.25) is 0 Å². The first-order valence-electron chi connectivity index (χ1n) is 10.0. The van der Waals surface area contributed by atoms with Crippen LogP contribution in [0.3, 0.4) is 0 Å². The number of aromatic nitrogens is 2. The normalized spacial score (nSPS) is 16.1. The van der Waals surface area contributed by atoms with Crippen LogP contribution in [0.4, 0.5) is 0 Å². The maximum Gasteiger partial charge on any atom is 0.303 e. The Hall–Kier alpha value is -2.87. The molecule has 1 aromatic carbocycles. The number of nitrogens with zero attached hydrogens (tertiary/aromatic N) is 2. The number of benzene rings is 1. The van der Waals surface area contributed by atoms with Crippen molar-refractivity contribution in [1.82, 2.24) is 10.2 Å². The fourth-order valence-corrected chi connectivity index (χ4v) is 4.00. The number of fused-ring (bicyclic) bond motifs is 1. The van der Waals surface area contributed by atoms with E-state index in [1.54, 1.807) is 0 Å². The second-order valence-corrected chi connectivity index (χ2v) is 8.89. The highest BCUT2D eigenvalue weighted by Gasteiger charge is 2.38. The second-order valence-electron chi connectivity index (χ2n) is 8.89. The minimum atomic E-state index is -0.762. The number of aliphatic carboxylic acids is 1. The zero-order chi connectivity index (χ0) is 21.1. The molecule has 1 aliphatic rings. The van der Waals surface area contributed by atoms with Crippen LogP contribution >= 0.6 is 0 Å². The quantitative estimate of drug-likeness (QED) is 0.599. The third kappa shape index (κ3) is 5.57. The van der Waals surface area contributed by atoms with Gasteiger partial charge >= 0.3 is 5.97 Å². The van der Waals surface area contributed by atoms with Crippen LogP contribution in [0.15, 0.2) is 30.3 Å². The molecule has 2 heterocycles. The van der Waals surface area contributed by atoms with Crippen molar-refractivity contribution in [2.45, 2.75) is 70.8 Å². The van der Waals surface area contributed by atoms with Crippen molar-refractivity contribution < 1.29 is 14.6 Å². The summed E-state index contributed by atoms with van der Waals surface area (Å²) >= 11 is 0. The van der Waals surface area contributed by atoms with E-state index in [9.17, 15) is 4.79 Å². The number of carboxylic acid groups (broad SMARTS) is 1. The molecule has 2 aromatic rings. The molecule has 5 heteroatoms. The number of hydrogen-bond donors (Lipinski definition) is 1. The van der Waals surface area contributed by atoms with Crippen molar-refractivity contribution in [3.63, 3.8) is 0 Å². The van der Waals surface area contributed by atoms with Gasteiger partial charge in [-0.1, -0.05) is 19.8 Å². The van der Waals surface area contributed by atoms with Crippen LogP contribution in [0, 0.1) is 11.8 Å². The lowest BCUT2D eigenvalue weighted by atomic mass is 9.73. The molecule has 0 aliphatic carbocycles. The van der Waals surface area contributed by atoms with Crippen LogP contribution in [0.25, 0.3) is 0 Å². The maximum absolute atomic E-state index is 10.5. The summed E-state index contributed by atoms with van der Waals surface area (Å²) in [4.78, 5) is 10.5. The zero-order valence-corrected chi connectivity index (χ0v) is 17.6. The van der Waals surface area contributed by atoms with Gasteiger partial charge in [-0.2, -0.15) is 5.10 Å². The Morgan fingerprint density at radius 2 is 1.90 bits per heavy atom. The van der Waals surface area contributed by atoms with Crippen molar-refractivity contribution in [2.75, 3.05) is 0 Å². The zero-order valence-electron chi connectivity index (χ0n) is 17.6. The average Bonchev–Trinajstić information content (AvgIpc) is 2.63. The van der Waals surface area contributed by atoms with Gasteiger partial charge in [-0.3, -0.25) is 4.79 Å². The highest BCUT2D eigenvalue weighted by Crippen LogP contribution is 2.44. The molecule has 0 amide bonds. The number of carboxylic acids is 1. The number of hydrogen-bond acceptors (Lipinski definition) is 4. The van der Waals surface area contributed by atoms with Gasteiger partial charge in [0, 0.05) is 17.5 Å². The minimum absolute atomic E-state index is 0.0247. The standard InChI is InChI=1S/C24H28N2O3/c1-23(2)16-24(3,4)29-21-14-10-17(15-20(21)23)9-11-19-13-12-18(25-26-19)7-5-6-8-22(27)28/h10,12-15H,5-8,16H2,1-4H3,(H,27,28). The first-order valence-corrected chi connectivity index (χ1v) is 10.0. The van der Waals surface area contributed by atoms with Gasteiger partial charge in [0.25, 0.3) is 0 Å². The molecule has 1 aliphatic heterocycles. The van der Waals surface area contributed by atoms with E-state index in [-0.39, 0.29) is 17.4 Å². The number of carbonyl (C=O) groups is 1. The molecule has 0 bridgehead atoms. The summed E-state index contributed by atoms with van der Waals surface area (Å²) in [5.41, 5.74) is 3.45. The van der Waals surface area contributed by atoms with Crippen LogP contribution in [0.1, 0.15) is 75.9 Å². The molecule has 0 fully saturated rings. The average molecular weight is 392 g/mol. The van der Waals surface area contributed by atoms with Gasteiger partial charge in [0.1, 0.15) is 17.0 Å². The van der Waals surface area contributed by atoms with E-state index in [1.807, 2.05) is 24.3 Å². The molecule has 29 heavy (non-hydrogen) atoms. The molecule has 152 valence electrons. The molecule has 3 rings (SSSR count). The minimum Gasteiger partial charge on any atom is -0.488 e. The fourth-order valence-electron chi connectivity index (χ4n) is 4.00. The number of ether oxygens (including phenoxy) is 1. The summed E-state index contributed by atoms with van der Waals surface area (Å²) in [6.45, 7) is 8.74. The van der Waals surface area contributed by atoms with E-state index in [0.29, 0.717) is 12.1 Å². The van der Waals surface area contributed by atoms with Crippen LogP contribution in [-0.2, 0) is 16.6 Å². The molecule has 1 aromatic heterocycles. The van der Waals surface area contributed by atoms with Crippen molar-refractivity contribution in [3.8, 4) is 17.6 Å². The molecule has 0 spiro atoms. The van der Waals surface area contributed by atoms with Crippen LogP contribution in [0.5, 0.6) is 5.75 Å². The predicted octanol–water partition coefficient (Wildman–Crippen LogP) is 4.51. The summed E-state index contributed by atoms with van der Waals surface area (Å²) in [5, 5.41) is 17.0. The maximum atomic E-state index is 10.5. The molecule has 1 N–H and O–H groups in total. The Morgan fingerprint density at radius 3 is 2.59 bits per heavy atom. The van der Waals surface area contributed by atoms with Gasteiger partial charge in [0.15, 0.2) is 0 Å². The first-order chi connectivity index (χ1) is 13.6. The van der Waals surface area contributed by atoms with Crippen LogP contribution < -0.4 is 4.74 Å². The van der Waals surface area contributed by atoms with E-state index in [4.69, 9.17) is 9.84 Å². The van der Waals surface area contributed by atoms with Gasteiger partial charge in [0.2, 0.25) is 0 Å². The van der Waals surface area contributed by atoms with E-state index in [1.165, 1.54) is 5.56 Å². The third-order valence-corrected chi connectivity index (χ3v) is 5.09.